The van der Waals surface area contributed by atoms with E-state index in [-0.39, 0.29) is 30.4 Å². The van der Waals surface area contributed by atoms with Crippen molar-refractivity contribution in [2.24, 2.45) is 0 Å². The van der Waals surface area contributed by atoms with Gasteiger partial charge in [0, 0.05) is 57.8 Å². The average Bonchev–Trinajstić information content (AvgIpc) is 3.11. The Morgan fingerprint density at radius 3 is 2.59 bits per heavy atom. The second-order valence-corrected chi connectivity index (χ2v) is 6.95. The number of nitrogens with zero attached hydrogens (tertiary/aromatic N) is 4. The number of nitrogens with one attached hydrogen (secondary N) is 1. The van der Waals surface area contributed by atoms with Gasteiger partial charge < -0.3 is 14.6 Å². The van der Waals surface area contributed by atoms with Gasteiger partial charge in [0.15, 0.2) is 0 Å². The average molecular weight is 440 g/mol. The molecule has 3 heterocycles. The summed E-state index contributed by atoms with van der Waals surface area (Å²) >= 11 is 0. The Kier molecular flexibility index (Phi) is 8.10. The van der Waals surface area contributed by atoms with Crippen molar-refractivity contribution in [2.75, 3.05) is 51.3 Å². The first-order chi connectivity index (χ1) is 13.2. The van der Waals surface area contributed by atoms with Gasteiger partial charge in [0.25, 0.3) is 5.56 Å². The van der Waals surface area contributed by atoms with E-state index in [1.807, 2.05) is 6.07 Å². The minimum Gasteiger partial charge on any atom is -0.383 e. The Balaban J connectivity index is 0.00000150. The van der Waals surface area contributed by atoms with Crippen molar-refractivity contribution in [3.05, 3.63) is 52.4 Å². The van der Waals surface area contributed by atoms with Gasteiger partial charge in [-0.3, -0.25) is 14.3 Å². The fraction of sp³-hybridized carbons (Fsp3) is 0.400. The molecule has 0 saturated carbocycles. The summed E-state index contributed by atoms with van der Waals surface area (Å²) in [4.78, 5) is 24.9. The largest absolute Gasteiger partial charge is 0.383 e. The highest BCUT2D eigenvalue weighted by Crippen LogP contribution is 2.26. The first-order valence-electron chi connectivity index (χ1n) is 9.30. The number of anilines is 1. The van der Waals surface area contributed by atoms with Crippen LogP contribution in [0.3, 0.4) is 0 Å². The number of ether oxygens (including phenoxy) is 1. The lowest BCUT2D eigenvalue weighted by atomic mass is 10.1. The van der Waals surface area contributed by atoms with Crippen LogP contribution >= 0.6 is 24.8 Å². The number of fused-ring (bicyclic) bond motifs is 1. The van der Waals surface area contributed by atoms with E-state index in [1.54, 1.807) is 19.4 Å². The van der Waals surface area contributed by atoms with Gasteiger partial charge in [-0.2, -0.15) is 0 Å². The molecule has 0 radical (unpaired) electrons. The summed E-state index contributed by atoms with van der Waals surface area (Å²) in [5.41, 5.74) is 4.07. The first-order valence-corrected chi connectivity index (χ1v) is 9.30. The number of hydrogen-bond donors (Lipinski definition) is 1. The number of pyridine rings is 1. The van der Waals surface area contributed by atoms with Crippen molar-refractivity contribution in [3.63, 3.8) is 0 Å². The fourth-order valence-corrected chi connectivity index (χ4v) is 3.61. The lowest BCUT2D eigenvalue weighted by Gasteiger charge is -2.36. The van der Waals surface area contributed by atoms with Crippen LogP contribution in [0.25, 0.3) is 17.0 Å². The molecule has 0 spiro atoms. The SMILES string of the molecule is COCCN1CCN(c2cc(C)c3nc(-n4ccccc4=O)[nH]c3c2)CC1.Cl.Cl. The molecule has 158 valence electrons. The van der Waals surface area contributed by atoms with Crippen LogP contribution in [0.4, 0.5) is 5.69 Å². The summed E-state index contributed by atoms with van der Waals surface area (Å²) in [6, 6.07) is 9.42. The maximum Gasteiger partial charge on any atom is 0.257 e. The highest BCUT2D eigenvalue weighted by atomic mass is 35.5. The van der Waals surface area contributed by atoms with Crippen LogP contribution in [0, 0.1) is 6.92 Å². The number of aromatic nitrogens is 3. The number of piperazine rings is 1. The molecule has 0 unspecified atom stereocenters. The molecule has 29 heavy (non-hydrogen) atoms. The molecule has 0 aliphatic carbocycles. The van der Waals surface area contributed by atoms with Crippen LogP contribution in [0.5, 0.6) is 0 Å². The van der Waals surface area contributed by atoms with Gasteiger partial charge in [-0.05, 0) is 30.7 Å². The van der Waals surface area contributed by atoms with E-state index in [1.165, 1.54) is 16.3 Å². The summed E-state index contributed by atoms with van der Waals surface area (Å²) in [6.45, 7) is 7.89. The van der Waals surface area contributed by atoms with Crippen LogP contribution in [0.15, 0.2) is 41.3 Å². The fourth-order valence-electron chi connectivity index (χ4n) is 3.61. The molecule has 4 rings (SSSR count). The molecule has 0 amide bonds. The third kappa shape index (κ3) is 4.93. The van der Waals surface area contributed by atoms with E-state index in [0.717, 1.165) is 55.9 Å². The van der Waals surface area contributed by atoms with Gasteiger partial charge in [0.05, 0.1) is 17.6 Å². The summed E-state index contributed by atoms with van der Waals surface area (Å²) < 4.78 is 6.71. The summed E-state index contributed by atoms with van der Waals surface area (Å²) in [5, 5.41) is 0. The van der Waals surface area contributed by atoms with Crippen molar-refractivity contribution in [1.82, 2.24) is 19.4 Å². The maximum absolute atomic E-state index is 12.1. The predicted molar refractivity (Wildman–Crippen MR) is 121 cm³/mol. The summed E-state index contributed by atoms with van der Waals surface area (Å²) in [5.74, 6) is 0.556. The van der Waals surface area contributed by atoms with E-state index >= 15 is 0 Å². The second kappa shape index (κ2) is 10.1. The van der Waals surface area contributed by atoms with Crippen LogP contribution < -0.4 is 10.5 Å². The first kappa shape index (κ1) is 23.2. The van der Waals surface area contributed by atoms with Crippen molar-refractivity contribution in [3.8, 4) is 5.95 Å². The molecule has 1 saturated heterocycles. The van der Waals surface area contributed by atoms with Gasteiger partial charge >= 0.3 is 0 Å². The normalized spacial score (nSPS) is 14.5. The summed E-state index contributed by atoms with van der Waals surface area (Å²) in [6.07, 6.45) is 1.73. The van der Waals surface area contributed by atoms with E-state index < -0.39 is 0 Å². The monoisotopic (exact) mass is 439 g/mol. The maximum atomic E-state index is 12.1. The Morgan fingerprint density at radius 1 is 1.14 bits per heavy atom. The van der Waals surface area contributed by atoms with E-state index in [0.29, 0.717) is 5.95 Å². The van der Waals surface area contributed by atoms with E-state index in [4.69, 9.17) is 4.74 Å². The Bertz CT molecular complexity index is 996. The second-order valence-electron chi connectivity index (χ2n) is 6.95. The molecule has 1 fully saturated rings. The molecule has 7 nitrogen and oxygen atoms in total. The predicted octanol–water partition coefficient (Wildman–Crippen LogP) is 2.63. The van der Waals surface area contributed by atoms with Crippen molar-refractivity contribution in [2.45, 2.75) is 6.92 Å². The molecule has 2 aromatic heterocycles. The third-order valence-corrected chi connectivity index (χ3v) is 5.15. The number of methoxy groups -OCH3 is 1. The third-order valence-electron chi connectivity index (χ3n) is 5.15. The number of imidazole rings is 1. The Morgan fingerprint density at radius 2 is 1.90 bits per heavy atom. The van der Waals surface area contributed by atoms with Crippen LogP contribution in [0.2, 0.25) is 0 Å². The number of aryl methyl sites for hydroxylation is 1. The molecule has 1 N–H and O–H groups in total. The zero-order chi connectivity index (χ0) is 18.8. The minimum absolute atomic E-state index is 0. The van der Waals surface area contributed by atoms with Crippen molar-refractivity contribution >= 4 is 41.5 Å². The standard InChI is InChI=1S/C20H25N5O2.2ClH/c1-15-13-16(24-9-7-23(8-10-24)11-12-27-2)14-17-19(15)22-20(21-17)25-6-4-3-5-18(25)26;;/h3-6,13-14H,7-12H2,1-2H3,(H,21,22);2*1H. The quantitative estimate of drug-likeness (QED) is 0.661. The van der Waals surface area contributed by atoms with Crippen molar-refractivity contribution in [1.29, 1.82) is 0 Å². The number of H-pyrrole nitrogens is 1. The van der Waals surface area contributed by atoms with Crippen LogP contribution in [-0.2, 0) is 4.74 Å². The van der Waals surface area contributed by atoms with Gasteiger partial charge in [-0.1, -0.05) is 6.07 Å². The number of rotatable bonds is 5. The molecular weight excluding hydrogens is 413 g/mol. The molecular formula is C20H27Cl2N5O2. The molecule has 1 aliphatic heterocycles. The minimum atomic E-state index is -0.0957. The van der Waals surface area contributed by atoms with Crippen molar-refractivity contribution < 1.29 is 4.74 Å². The summed E-state index contributed by atoms with van der Waals surface area (Å²) in [7, 11) is 1.75. The smallest absolute Gasteiger partial charge is 0.257 e. The Labute approximate surface area is 182 Å². The van der Waals surface area contributed by atoms with E-state index in [2.05, 4.69) is 38.8 Å². The lowest BCUT2D eigenvalue weighted by Crippen LogP contribution is -2.47. The molecule has 1 aromatic carbocycles. The number of halogens is 2. The number of aromatic amines is 1. The van der Waals surface area contributed by atoms with Crippen LogP contribution in [-0.4, -0.2) is 65.9 Å². The highest BCUT2D eigenvalue weighted by molar-refractivity contribution is 5.86. The molecule has 9 heteroatoms. The molecule has 0 bridgehead atoms. The molecule has 3 aromatic rings. The zero-order valence-corrected chi connectivity index (χ0v) is 18.3. The molecule has 1 aliphatic rings. The van der Waals surface area contributed by atoms with Crippen LogP contribution in [0.1, 0.15) is 5.56 Å². The van der Waals surface area contributed by atoms with E-state index in [9.17, 15) is 4.79 Å². The zero-order valence-electron chi connectivity index (χ0n) is 16.6. The Hall–Kier alpha value is -2.06. The van der Waals surface area contributed by atoms with Gasteiger partial charge in [0.2, 0.25) is 5.95 Å². The van der Waals surface area contributed by atoms with Gasteiger partial charge in [-0.15, -0.1) is 24.8 Å². The number of hydrogen-bond acceptors (Lipinski definition) is 5. The highest BCUT2D eigenvalue weighted by Gasteiger charge is 2.18. The lowest BCUT2D eigenvalue weighted by molar-refractivity contribution is 0.144. The van der Waals surface area contributed by atoms with Gasteiger partial charge in [0.1, 0.15) is 0 Å². The topological polar surface area (TPSA) is 66.4 Å². The molecule has 0 atom stereocenters. The van der Waals surface area contributed by atoms with Gasteiger partial charge in [-0.25, -0.2) is 4.98 Å². The number of benzene rings is 1.